The summed E-state index contributed by atoms with van der Waals surface area (Å²) in [4.78, 5) is 13.3. The lowest BCUT2D eigenvalue weighted by Crippen LogP contribution is -2.52. The van der Waals surface area contributed by atoms with Gasteiger partial charge in [-0.1, -0.05) is 33.3 Å². The second-order valence-corrected chi connectivity index (χ2v) is 11.8. The molecule has 5 nitrogen and oxygen atoms in total. The summed E-state index contributed by atoms with van der Waals surface area (Å²) in [5.74, 6) is 0.483. The summed E-state index contributed by atoms with van der Waals surface area (Å²) in [6.07, 6.45) is 6.42. The molecule has 4 rings (SSSR count). The Hall–Kier alpha value is -1.40. The molecule has 1 saturated heterocycles. The average Bonchev–Trinajstić information content (AvgIpc) is 3.17. The van der Waals surface area contributed by atoms with Crippen molar-refractivity contribution in [3.63, 3.8) is 0 Å². The van der Waals surface area contributed by atoms with Gasteiger partial charge in [0.25, 0.3) is 5.91 Å². The van der Waals surface area contributed by atoms with E-state index in [1.165, 1.54) is 6.42 Å². The molecule has 6 heteroatoms. The van der Waals surface area contributed by atoms with E-state index in [0.717, 1.165) is 32.1 Å². The molecule has 1 unspecified atom stereocenters. The van der Waals surface area contributed by atoms with Gasteiger partial charge in [0, 0.05) is 24.7 Å². The molecule has 1 amide bonds. The average molecular weight is 405 g/mol. The van der Waals surface area contributed by atoms with Crippen LogP contribution in [0.15, 0.2) is 29.2 Å². The first-order chi connectivity index (χ1) is 13.1. The molecule has 0 aromatic heterocycles. The van der Waals surface area contributed by atoms with Gasteiger partial charge in [-0.25, -0.2) is 8.42 Å². The van der Waals surface area contributed by atoms with Gasteiger partial charge in [0.15, 0.2) is 0 Å². The van der Waals surface area contributed by atoms with E-state index in [-0.39, 0.29) is 27.7 Å². The second-order valence-electron chi connectivity index (χ2n) is 9.81. The van der Waals surface area contributed by atoms with E-state index < -0.39 is 10.0 Å². The third-order valence-corrected chi connectivity index (χ3v) is 9.49. The first kappa shape index (κ1) is 19.9. The fraction of sp³-hybridized carbons (Fsp3) is 0.682. The Morgan fingerprint density at radius 2 is 1.86 bits per heavy atom. The molecular weight excluding hydrogens is 372 g/mol. The third-order valence-electron chi connectivity index (χ3n) is 7.59. The number of hydrogen-bond acceptors (Lipinski definition) is 3. The fourth-order valence-corrected chi connectivity index (χ4v) is 7.49. The molecule has 1 N–H and O–H groups in total. The van der Waals surface area contributed by atoms with Crippen LogP contribution in [-0.4, -0.2) is 37.8 Å². The van der Waals surface area contributed by atoms with Crippen molar-refractivity contribution in [3.05, 3.63) is 29.8 Å². The summed E-state index contributed by atoms with van der Waals surface area (Å²) < 4.78 is 27.5. The molecule has 0 spiro atoms. The largest absolute Gasteiger partial charge is 0.348 e. The lowest BCUT2D eigenvalue weighted by Gasteiger charge is -2.43. The molecular formula is C22H32N2O3S. The first-order valence-corrected chi connectivity index (χ1v) is 12.0. The van der Waals surface area contributed by atoms with Gasteiger partial charge < -0.3 is 5.32 Å². The number of rotatable bonds is 4. The number of benzene rings is 1. The molecule has 3 aliphatic rings. The molecule has 2 aliphatic carbocycles. The summed E-state index contributed by atoms with van der Waals surface area (Å²) in [7, 11) is -3.54. The molecule has 2 bridgehead atoms. The Kier molecular flexibility index (Phi) is 4.86. The maximum atomic E-state index is 13.0. The Bertz CT molecular complexity index is 869. The van der Waals surface area contributed by atoms with Crippen LogP contribution in [0, 0.1) is 16.7 Å². The highest BCUT2D eigenvalue weighted by molar-refractivity contribution is 7.89. The van der Waals surface area contributed by atoms with Gasteiger partial charge in [0.1, 0.15) is 0 Å². The molecule has 3 fully saturated rings. The number of hydrogen-bond donors (Lipinski definition) is 1. The molecule has 1 aromatic rings. The number of nitrogens with zero attached hydrogens (tertiary/aromatic N) is 1. The zero-order valence-electron chi connectivity index (χ0n) is 17.2. The van der Waals surface area contributed by atoms with E-state index in [9.17, 15) is 13.2 Å². The van der Waals surface area contributed by atoms with Gasteiger partial charge in [-0.15, -0.1) is 0 Å². The van der Waals surface area contributed by atoms with Gasteiger partial charge in [-0.3, -0.25) is 4.79 Å². The number of amides is 1. The van der Waals surface area contributed by atoms with E-state index in [1.807, 2.05) is 0 Å². The van der Waals surface area contributed by atoms with Crippen molar-refractivity contribution < 1.29 is 13.2 Å². The Morgan fingerprint density at radius 1 is 1.14 bits per heavy atom. The molecule has 0 radical (unpaired) electrons. The van der Waals surface area contributed by atoms with Crippen LogP contribution in [0.25, 0.3) is 0 Å². The lowest BCUT2D eigenvalue weighted by molar-refractivity contribution is 0.0737. The van der Waals surface area contributed by atoms with Crippen LogP contribution in [0.1, 0.15) is 69.7 Å². The third kappa shape index (κ3) is 3.18. The summed E-state index contributed by atoms with van der Waals surface area (Å²) in [6.45, 7) is 7.92. The van der Waals surface area contributed by atoms with Gasteiger partial charge in [0.2, 0.25) is 10.0 Å². The number of carbonyl (C=O) groups is 1. The van der Waals surface area contributed by atoms with Crippen molar-refractivity contribution in [2.24, 2.45) is 16.7 Å². The van der Waals surface area contributed by atoms with Gasteiger partial charge in [0.05, 0.1) is 4.90 Å². The Labute approximate surface area is 168 Å². The lowest BCUT2D eigenvalue weighted by atomic mass is 9.68. The SMILES string of the molecule is CC12CC[C@H](C1)C(C)(C)[C@H]2NC(=O)c1cccc(S(=O)(=O)N2CCCCC2)c1. The Morgan fingerprint density at radius 3 is 2.50 bits per heavy atom. The van der Waals surface area contributed by atoms with Crippen LogP contribution in [0.4, 0.5) is 0 Å². The number of piperidine rings is 1. The summed E-state index contributed by atoms with van der Waals surface area (Å²) in [6, 6.07) is 6.66. The minimum atomic E-state index is -3.54. The molecule has 1 aliphatic heterocycles. The normalized spacial score (nSPS) is 32.4. The monoisotopic (exact) mass is 404 g/mol. The van der Waals surface area contributed by atoms with E-state index in [4.69, 9.17) is 0 Å². The molecule has 3 atom stereocenters. The van der Waals surface area contributed by atoms with Crippen LogP contribution in [0.3, 0.4) is 0 Å². The minimum Gasteiger partial charge on any atom is -0.348 e. The van der Waals surface area contributed by atoms with Crippen LogP contribution in [0.5, 0.6) is 0 Å². The Balaban J connectivity index is 1.55. The highest BCUT2D eigenvalue weighted by Crippen LogP contribution is 2.62. The van der Waals surface area contributed by atoms with Crippen molar-refractivity contribution in [1.29, 1.82) is 0 Å². The summed E-state index contributed by atoms with van der Waals surface area (Å²) in [5.41, 5.74) is 0.641. The molecule has 1 heterocycles. The van der Waals surface area contributed by atoms with Crippen LogP contribution >= 0.6 is 0 Å². The summed E-state index contributed by atoms with van der Waals surface area (Å²) in [5, 5.41) is 3.27. The molecule has 1 aromatic carbocycles. The maximum Gasteiger partial charge on any atom is 0.251 e. The van der Waals surface area contributed by atoms with Crippen molar-refractivity contribution in [3.8, 4) is 0 Å². The fourth-order valence-electron chi connectivity index (χ4n) is 5.93. The quantitative estimate of drug-likeness (QED) is 0.830. The van der Waals surface area contributed by atoms with Crippen molar-refractivity contribution in [2.45, 2.75) is 70.2 Å². The number of nitrogens with one attached hydrogen (secondary N) is 1. The number of sulfonamides is 1. The number of fused-ring (bicyclic) bond motifs is 2. The zero-order chi connectivity index (χ0) is 20.2. The van der Waals surface area contributed by atoms with Crippen LogP contribution in [-0.2, 0) is 10.0 Å². The maximum absolute atomic E-state index is 13.0. The second kappa shape index (κ2) is 6.84. The summed E-state index contributed by atoms with van der Waals surface area (Å²) >= 11 is 0. The predicted molar refractivity (Wildman–Crippen MR) is 110 cm³/mol. The van der Waals surface area contributed by atoms with Gasteiger partial charge in [-0.05, 0) is 67.1 Å². The van der Waals surface area contributed by atoms with Crippen LogP contribution in [0.2, 0.25) is 0 Å². The van der Waals surface area contributed by atoms with Crippen LogP contribution < -0.4 is 5.32 Å². The molecule has 28 heavy (non-hydrogen) atoms. The molecule has 154 valence electrons. The van der Waals surface area contributed by atoms with E-state index in [2.05, 4.69) is 26.1 Å². The van der Waals surface area contributed by atoms with E-state index >= 15 is 0 Å². The van der Waals surface area contributed by atoms with Gasteiger partial charge in [-0.2, -0.15) is 4.31 Å². The van der Waals surface area contributed by atoms with Crippen molar-refractivity contribution in [2.75, 3.05) is 13.1 Å². The minimum absolute atomic E-state index is 0.0696. The topological polar surface area (TPSA) is 66.5 Å². The zero-order valence-corrected chi connectivity index (χ0v) is 18.0. The first-order valence-electron chi connectivity index (χ1n) is 10.6. The smallest absolute Gasteiger partial charge is 0.251 e. The van der Waals surface area contributed by atoms with Gasteiger partial charge >= 0.3 is 0 Å². The highest BCUT2D eigenvalue weighted by Gasteiger charge is 2.59. The highest BCUT2D eigenvalue weighted by atomic mass is 32.2. The predicted octanol–water partition coefficient (Wildman–Crippen LogP) is 3.81. The van der Waals surface area contributed by atoms with E-state index in [1.54, 1.807) is 28.6 Å². The number of carbonyl (C=O) groups excluding carboxylic acids is 1. The van der Waals surface area contributed by atoms with E-state index in [0.29, 0.717) is 24.6 Å². The standard InChI is InChI=1S/C22H32N2O3S/c1-21(2)17-10-11-22(3,15-17)20(21)23-19(25)16-8-7-9-18(14-16)28(26,27)24-12-5-4-6-13-24/h7-9,14,17,20H,4-6,10-13,15H2,1-3H3,(H,23,25)/t17-,20-,22?/m1/s1. The molecule has 2 saturated carbocycles. The van der Waals surface area contributed by atoms with Crippen molar-refractivity contribution >= 4 is 15.9 Å². The van der Waals surface area contributed by atoms with Crippen molar-refractivity contribution in [1.82, 2.24) is 9.62 Å².